The Morgan fingerprint density at radius 3 is 2.72 bits per heavy atom. The molecule has 0 spiro atoms. The van der Waals surface area contributed by atoms with Crippen LogP contribution in [0, 0.1) is 0 Å². The molecule has 18 heavy (non-hydrogen) atoms. The normalized spacial score (nSPS) is 11.1. The van der Waals surface area contributed by atoms with E-state index < -0.39 is 0 Å². The number of benzene rings is 1. The van der Waals surface area contributed by atoms with Gasteiger partial charge in [-0.2, -0.15) is 0 Å². The summed E-state index contributed by atoms with van der Waals surface area (Å²) < 4.78 is 0. The molecule has 0 atom stereocenters. The Kier molecular flexibility index (Phi) is 4.43. The maximum atomic E-state index is 5.81. The highest BCUT2D eigenvalue weighted by molar-refractivity contribution is 6.17. The molecular weight excluding hydrogens is 244 g/mol. The van der Waals surface area contributed by atoms with Crippen LogP contribution in [0.5, 0.6) is 0 Å². The van der Waals surface area contributed by atoms with E-state index in [0.29, 0.717) is 11.9 Å². The van der Waals surface area contributed by atoms with Crippen LogP contribution in [0.3, 0.4) is 0 Å². The van der Waals surface area contributed by atoms with Crippen molar-refractivity contribution in [2.24, 2.45) is 0 Å². The predicted octanol–water partition coefficient (Wildman–Crippen LogP) is 4.08. The molecule has 1 aromatic heterocycles. The molecule has 3 heteroatoms. The Morgan fingerprint density at radius 2 is 2.00 bits per heavy atom. The third-order valence-corrected chi connectivity index (χ3v) is 3.35. The summed E-state index contributed by atoms with van der Waals surface area (Å²) >= 11 is 5.81. The molecule has 1 aromatic carbocycles. The molecule has 2 nitrogen and oxygen atoms in total. The second kappa shape index (κ2) is 6.05. The zero-order valence-corrected chi connectivity index (χ0v) is 11.7. The summed E-state index contributed by atoms with van der Waals surface area (Å²) in [5, 5.41) is 2.45. The lowest BCUT2D eigenvalue weighted by molar-refractivity contribution is 0.666. The number of rotatable bonds is 5. The molecule has 0 saturated carbocycles. The summed E-state index contributed by atoms with van der Waals surface area (Å²) in [4.78, 5) is 6.89. The molecule has 0 unspecified atom stereocenters. The minimum Gasteiger partial charge on any atom is -0.354 e. The first-order chi connectivity index (χ1) is 8.74. The van der Waals surface area contributed by atoms with E-state index in [9.17, 15) is 0 Å². The SMILES string of the molecule is CC(C)N(CCCCl)c1nccc2ccccc12. The van der Waals surface area contributed by atoms with Crippen LogP contribution in [0.25, 0.3) is 10.8 Å². The fourth-order valence-corrected chi connectivity index (χ4v) is 2.29. The fraction of sp³-hybridized carbons (Fsp3) is 0.400. The number of anilines is 1. The van der Waals surface area contributed by atoms with Crippen molar-refractivity contribution in [3.05, 3.63) is 36.5 Å². The minimum atomic E-state index is 0.423. The van der Waals surface area contributed by atoms with Gasteiger partial charge in [-0.1, -0.05) is 24.3 Å². The van der Waals surface area contributed by atoms with Crippen LogP contribution in [0.2, 0.25) is 0 Å². The van der Waals surface area contributed by atoms with E-state index in [2.05, 4.69) is 54.1 Å². The molecular formula is C15H19ClN2. The summed E-state index contributed by atoms with van der Waals surface area (Å²) in [7, 11) is 0. The monoisotopic (exact) mass is 262 g/mol. The third kappa shape index (κ3) is 2.75. The molecule has 2 rings (SSSR count). The second-order valence-electron chi connectivity index (χ2n) is 4.69. The van der Waals surface area contributed by atoms with E-state index in [4.69, 9.17) is 11.6 Å². The van der Waals surface area contributed by atoms with Crippen molar-refractivity contribution in [3.8, 4) is 0 Å². The lowest BCUT2D eigenvalue weighted by atomic mass is 10.1. The van der Waals surface area contributed by atoms with Crippen LogP contribution >= 0.6 is 11.6 Å². The van der Waals surface area contributed by atoms with E-state index in [0.717, 1.165) is 18.8 Å². The zero-order chi connectivity index (χ0) is 13.0. The summed E-state index contributed by atoms with van der Waals surface area (Å²) in [6, 6.07) is 10.9. The topological polar surface area (TPSA) is 16.1 Å². The minimum absolute atomic E-state index is 0.423. The van der Waals surface area contributed by atoms with Gasteiger partial charge in [0.15, 0.2) is 0 Å². The van der Waals surface area contributed by atoms with Gasteiger partial charge >= 0.3 is 0 Å². The Balaban J connectivity index is 2.43. The van der Waals surface area contributed by atoms with Gasteiger partial charge in [0.05, 0.1) is 0 Å². The molecule has 0 aliphatic carbocycles. The van der Waals surface area contributed by atoms with Crippen LogP contribution < -0.4 is 4.90 Å². The van der Waals surface area contributed by atoms with E-state index >= 15 is 0 Å². The molecule has 0 radical (unpaired) electrons. The molecule has 96 valence electrons. The quantitative estimate of drug-likeness (QED) is 0.755. The number of nitrogens with zero attached hydrogens (tertiary/aromatic N) is 2. The van der Waals surface area contributed by atoms with Crippen molar-refractivity contribution < 1.29 is 0 Å². The first kappa shape index (κ1) is 13.2. The van der Waals surface area contributed by atoms with Crippen molar-refractivity contribution >= 4 is 28.2 Å². The number of halogens is 1. The van der Waals surface area contributed by atoms with Crippen molar-refractivity contribution in [2.45, 2.75) is 26.3 Å². The van der Waals surface area contributed by atoms with Gasteiger partial charge in [-0.25, -0.2) is 4.98 Å². The second-order valence-corrected chi connectivity index (χ2v) is 5.06. The van der Waals surface area contributed by atoms with Gasteiger partial charge in [0, 0.05) is 30.0 Å². The molecule has 1 heterocycles. The number of aromatic nitrogens is 1. The molecule has 0 N–H and O–H groups in total. The molecule has 0 aliphatic rings. The number of hydrogen-bond donors (Lipinski definition) is 0. The van der Waals surface area contributed by atoms with Crippen molar-refractivity contribution in [1.29, 1.82) is 0 Å². The molecule has 0 bridgehead atoms. The number of fused-ring (bicyclic) bond motifs is 1. The van der Waals surface area contributed by atoms with Gasteiger partial charge in [-0.05, 0) is 31.7 Å². The Bertz CT molecular complexity index is 505. The van der Waals surface area contributed by atoms with E-state index in [1.165, 1.54) is 10.8 Å². The van der Waals surface area contributed by atoms with Crippen LogP contribution in [0.15, 0.2) is 36.5 Å². The van der Waals surface area contributed by atoms with Crippen LogP contribution in [-0.2, 0) is 0 Å². The Labute approximate surface area is 114 Å². The lowest BCUT2D eigenvalue weighted by Gasteiger charge is -2.28. The summed E-state index contributed by atoms with van der Waals surface area (Å²) in [5.41, 5.74) is 0. The standard InChI is InChI=1S/C15H19ClN2/c1-12(2)18(11-5-9-16)15-14-7-4-3-6-13(14)8-10-17-15/h3-4,6-8,10,12H,5,9,11H2,1-2H3. The van der Waals surface area contributed by atoms with Crippen molar-refractivity contribution in [1.82, 2.24) is 4.98 Å². The molecule has 0 amide bonds. The van der Waals surface area contributed by atoms with Gasteiger partial charge < -0.3 is 4.90 Å². The first-order valence-electron chi connectivity index (χ1n) is 6.40. The molecule has 2 aromatic rings. The van der Waals surface area contributed by atoms with Crippen LogP contribution in [0.1, 0.15) is 20.3 Å². The van der Waals surface area contributed by atoms with Gasteiger partial charge in [-0.3, -0.25) is 0 Å². The first-order valence-corrected chi connectivity index (χ1v) is 6.94. The third-order valence-electron chi connectivity index (χ3n) is 3.08. The maximum absolute atomic E-state index is 5.81. The van der Waals surface area contributed by atoms with Crippen molar-refractivity contribution in [2.75, 3.05) is 17.3 Å². The van der Waals surface area contributed by atoms with E-state index in [-0.39, 0.29) is 0 Å². The average molecular weight is 263 g/mol. The lowest BCUT2D eigenvalue weighted by Crippen LogP contribution is -2.32. The number of pyridine rings is 1. The fourth-order valence-electron chi connectivity index (χ4n) is 2.17. The highest BCUT2D eigenvalue weighted by atomic mass is 35.5. The average Bonchev–Trinajstić information content (AvgIpc) is 2.39. The van der Waals surface area contributed by atoms with Crippen molar-refractivity contribution in [3.63, 3.8) is 0 Å². The van der Waals surface area contributed by atoms with Gasteiger partial charge in [0.1, 0.15) is 5.82 Å². The van der Waals surface area contributed by atoms with Gasteiger partial charge in [-0.15, -0.1) is 11.6 Å². The van der Waals surface area contributed by atoms with Gasteiger partial charge in [0.2, 0.25) is 0 Å². The Morgan fingerprint density at radius 1 is 1.22 bits per heavy atom. The van der Waals surface area contributed by atoms with Crippen LogP contribution in [0.4, 0.5) is 5.82 Å². The maximum Gasteiger partial charge on any atom is 0.136 e. The van der Waals surface area contributed by atoms with E-state index in [1.54, 1.807) is 0 Å². The summed E-state index contributed by atoms with van der Waals surface area (Å²) in [5.74, 6) is 1.75. The largest absolute Gasteiger partial charge is 0.354 e. The summed E-state index contributed by atoms with van der Waals surface area (Å²) in [6.45, 7) is 5.33. The highest BCUT2D eigenvalue weighted by Crippen LogP contribution is 2.25. The predicted molar refractivity (Wildman–Crippen MR) is 79.6 cm³/mol. The molecule has 0 saturated heterocycles. The molecule has 0 aliphatic heterocycles. The van der Waals surface area contributed by atoms with E-state index in [1.807, 2.05) is 6.20 Å². The summed E-state index contributed by atoms with van der Waals surface area (Å²) in [6.07, 6.45) is 2.86. The smallest absolute Gasteiger partial charge is 0.136 e. The van der Waals surface area contributed by atoms with Crippen LogP contribution in [-0.4, -0.2) is 23.5 Å². The number of alkyl halides is 1. The molecule has 0 fully saturated rings. The Hall–Kier alpha value is -1.28. The zero-order valence-electron chi connectivity index (χ0n) is 10.9. The highest BCUT2D eigenvalue weighted by Gasteiger charge is 2.14. The number of hydrogen-bond acceptors (Lipinski definition) is 2. The van der Waals surface area contributed by atoms with Gasteiger partial charge in [0.25, 0.3) is 0 Å².